The van der Waals surface area contributed by atoms with Crippen LogP contribution in [0.15, 0.2) is 48.5 Å². The van der Waals surface area contributed by atoms with E-state index in [2.05, 4.69) is 5.32 Å². The standard InChI is InChI=1S/C20H25NO4/c1-5-17(25-19-9-7-6-8-18(19)24-4)20(22)21-14(2)15-10-12-16(23-3)13-11-15/h6-14,17H,5H2,1-4H3,(H,21,22)/t14-,17+/m1/s1. The van der Waals surface area contributed by atoms with Crippen LogP contribution in [0.5, 0.6) is 17.2 Å². The van der Waals surface area contributed by atoms with Crippen LogP contribution in [0, 0.1) is 0 Å². The van der Waals surface area contributed by atoms with Gasteiger partial charge in [0.1, 0.15) is 5.75 Å². The Kier molecular flexibility index (Phi) is 6.69. The van der Waals surface area contributed by atoms with Crippen molar-refractivity contribution in [3.05, 3.63) is 54.1 Å². The fourth-order valence-electron chi connectivity index (χ4n) is 2.47. The number of carbonyl (C=O) groups is 1. The zero-order valence-corrected chi connectivity index (χ0v) is 15.1. The van der Waals surface area contributed by atoms with Gasteiger partial charge in [-0.3, -0.25) is 4.79 Å². The van der Waals surface area contributed by atoms with Crippen LogP contribution in [-0.4, -0.2) is 26.2 Å². The minimum atomic E-state index is -0.586. The van der Waals surface area contributed by atoms with E-state index < -0.39 is 6.10 Å². The lowest BCUT2D eigenvalue weighted by molar-refractivity contribution is -0.128. The molecule has 0 aliphatic heterocycles. The van der Waals surface area contributed by atoms with Crippen molar-refractivity contribution in [1.82, 2.24) is 5.32 Å². The minimum absolute atomic E-state index is 0.131. The van der Waals surface area contributed by atoms with Crippen molar-refractivity contribution in [2.45, 2.75) is 32.4 Å². The lowest BCUT2D eigenvalue weighted by atomic mass is 10.1. The van der Waals surface area contributed by atoms with Crippen molar-refractivity contribution < 1.29 is 19.0 Å². The SMILES string of the molecule is CC[C@H](Oc1ccccc1OC)C(=O)N[C@H](C)c1ccc(OC)cc1. The molecule has 5 nitrogen and oxygen atoms in total. The number of hydrogen-bond acceptors (Lipinski definition) is 4. The van der Waals surface area contributed by atoms with E-state index in [0.717, 1.165) is 11.3 Å². The van der Waals surface area contributed by atoms with Gasteiger partial charge in [-0.15, -0.1) is 0 Å². The van der Waals surface area contributed by atoms with Crippen molar-refractivity contribution in [3.63, 3.8) is 0 Å². The maximum absolute atomic E-state index is 12.6. The third-order valence-electron chi connectivity index (χ3n) is 3.98. The number of rotatable bonds is 8. The third-order valence-corrected chi connectivity index (χ3v) is 3.98. The second-order valence-electron chi connectivity index (χ2n) is 5.67. The lowest BCUT2D eigenvalue weighted by Crippen LogP contribution is -2.39. The summed E-state index contributed by atoms with van der Waals surface area (Å²) in [5, 5.41) is 3.00. The Balaban J connectivity index is 2.03. The normalized spacial score (nSPS) is 12.8. The molecule has 5 heteroatoms. The summed E-state index contributed by atoms with van der Waals surface area (Å²) >= 11 is 0. The first-order valence-corrected chi connectivity index (χ1v) is 8.33. The first kappa shape index (κ1) is 18.6. The molecule has 25 heavy (non-hydrogen) atoms. The number of para-hydroxylation sites is 2. The van der Waals surface area contributed by atoms with Gasteiger partial charge in [-0.25, -0.2) is 0 Å². The Labute approximate surface area is 148 Å². The molecule has 2 rings (SSSR count). The van der Waals surface area contributed by atoms with Gasteiger partial charge in [0, 0.05) is 0 Å². The molecule has 0 spiro atoms. The molecular weight excluding hydrogens is 318 g/mol. The zero-order valence-electron chi connectivity index (χ0n) is 15.1. The molecule has 2 aromatic carbocycles. The average molecular weight is 343 g/mol. The highest BCUT2D eigenvalue weighted by atomic mass is 16.5. The molecule has 1 N–H and O–H groups in total. The smallest absolute Gasteiger partial charge is 0.261 e. The van der Waals surface area contributed by atoms with E-state index in [9.17, 15) is 4.79 Å². The van der Waals surface area contributed by atoms with Gasteiger partial charge in [0.2, 0.25) is 0 Å². The van der Waals surface area contributed by atoms with Crippen LogP contribution in [-0.2, 0) is 4.79 Å². The quantitative estimate of drug-likeness (QED) is 0.793. The van der Waals surface area contributed by atoms with Crippen LogP contribution in [0.4, 0.5) is 0 Å². The van der Waals surface area contributed by atoms with Gasteiger partial charge in [-0.2, -0.15) is 0 Å². The Morgan fingerprint density at radius 3 is 2.20 bits per heavy atom. The van der Waals surface area contributed by atoms with Crippen molar-refractivity contribution in [1.29, 1.82) is 0 Å². The van der Waals surface area contributed by atoms with Crippen molar-refractivity contribution in [2.75, 3.05) is 14.2 Å². The van der Waals surface area contributed by atoms with Gasteiger partial charge in [0.15, 0.2) is 17.6 Å². The third kappa shape index (κ3) is 4.89. The molecule has 0 unspecified atom stereocenters. The average Bonchev–Trinajstić information content (AvgIpc) is 2.66. The predicted molar refractivity (Wildman–Crippen MR) is 97.3 cm³/mol. The van der Waals surface area contributed by atoms with E-state index in [1.165, 1.54) is 0 Å². The second kappa shape index (κ2) is 8.97. The minimum Gasteiger partial charge on any atom is -0.497 e. The molecule has 0 radical (unpaired) electrons. The Morgan fingerprint density at radius 1 is 1.00 bits per heavy atom. The second-order valence-corrected chi connectivity index (χ2v) is 5.67. The van der Waals surface area contributed by atoms with Crippen molar-refractivity contribution >= 4 is 5.91 Å². The van der Waals surface area contributed by atoms with E-state index >= 15 is 0 Å². The van der Waals surface area contributed by atoms with Gasteiger partial charge < -0.3 is 19.5 Å². The number of ether oxygens (including phenoxy) is 3. The number of methoxy groups -OCH3 is 2. The van der Waals surface area contributed by atoms with Crippen LogP contribution in [0.1, 0.15) is 31.9 Å². The molecule has 134 valence electrons. The summed E-state index contributed by atoms with van der Waals surface area (Å²) in [5.74, 6) is 1.80. The predicted octanol–water partition coefficient (Wildman–Crippen LogP) is 3.74. The highest BCUT2D eigenvalue weighted by molar-refractivity contribution is 5.81. The number of carbonyl (C=O) groups excluding carboxylic acids is 1. The molecule has 0 saturated heterocycles. The molecule has 2 atom stereocenters. The lowest BCUT2D eigenvalue weighted by Gasteiger charge is -2.21. The van der Waals surface area contributed by atoms with Gasteiger partial charge in [-0.1, -0.05) is 31.2 Å². The molecule has 0 bridgehead atoms. The van der Waals surface area contributed by atoms with Gasteiger partial charge >= 0.3 is 0 Å². The summed E-state index contributed by atoms with van der Waals surface area (Å²) in [6.07, 6.45) is -0.0313. The molecule has 0 fully saturated rings. The summed E-state index contributed by atoms with van der Waals surface area (Å²) in [4.78, 5) is 12.6. The molecule has 0 saturated carbocycles. The fourth-order valence-corrected chi connectivity index (χ4v) is 2.47. The van der Waals surface area contributed by atoms with Crippen LogP contribution in [0.3, 0.4) is 0 Å². The number of benzene rings is 2. The Morgan fingerprint density at radius 2 is 1.64 bits per heavy atom. The van der Waals surface area contributed by atoms with Crippen LogP contribution < -0.4 is 19.5 Å². The largest absolute Gasteiger partial charge is 0.497 e. The molecule has 0 heterocycles. The van der Waals surface area contributed by atoms with E-state index in [1.54, 1.807) is 26.4 Å². The number of hydrogen-bond donors (Lipinski definition) is 1. The number of amides is 1. The highest BCUT2D eigenvalue weighted by Gasteiger charge is 2.22. The van der Waals surface area contributed by atoms with E-state index in [-0.39, 0.29) is 11.9 Å². The van der Waals surface area contributed by atoms with Gasteiger partial charge in [0.05, 0.1) is 20.3 Å². The van der Waals surface area contributed by atoms with Gasteiger partial charge in [0.25, 0.3) is 5.91 Å². The summed E-state index contributed by atoms with van der Waals surface area (Å²) in [5.41, 5.74) is 1.00. The Bertz CT molecular complexity index is 684. The molecule has 0 aromatic heterocycles. The van der Waals surface area contributed by atoms with E-state index in [0.29, 0.717) is 17.9 Å². The molecule has 0 aliphatic carbocycles. The van der Waals surface area contributed by atoms with Crippen molar-refractivity contribution in [2.24, 2.45) is 0 Å². The maximum atomic E-state index is 12.6. The van der Waals surface area contributed by atoms with Gasteiger partial charge in [-0.05, 0) is 43.2 Å². The summed E-state index contributed by atoms with van der Waals surface area (Å²) in [6, 6.07) is 14.8. The highest BCUT2D eigenvalue weighted by Crippen LogP contribution is 2.27. The molecule has 0 aliphatic rings. The molecular formula is C20H25NO4. The Hall–Kier alpha value is -2.69. The molecule has 1 amide bonds. The van der Waals surface area contributed by atoms with Crippen LogP contribution in [0.2, 0.25) is 0 Å². The summed E-state index contributed by atoms with van der Waals surface area (Å²) in [7, 11) is 3.20. The first-order valence-electron chi connectivity index (χ1n) is 8.33. The van der Waals surface area contributed by atoms with E-state index in [4.69, 9.17) is 14.2 Å². The fraction of sp³-hybridized carbons (Fsp3) is 0.350. The summed E-state index contributed by atoms with van der Waals surface area (Å²) < 4.78 is 16.3. The van der Waals surface area contributed by atoms with Crippen LogP contribution in [0.25, 0.3) is 0 Å². The van der Waals surface area contributed by atoms with E-state index in [1.807, 2.05) is 50.2 Å². The topological polar surface area (TPSA) is 56.8 Å². The summed E-state index contributed by atoms with van der Waals surface area (Å²) in [6.45, 7) is 3.85. The maximum Gasteiger partial charge on any atom is 0.261 e. The van der Waals surface area contributed by atoms with Crippen LogP contribution >= 0.6 is 0 Å². The number of nitrogens with one attached hydrogen (secondary N) is 1. The molecule has 2 aromatic rings. The monoisotopic (exact) mass is 343 g/mol. The van der Waals surface area contributed by atoms with Crippen molar-refractivity contribution in [3.8, 4) is 17.2 Å². The zero-order chi connectivity index (χ0) is 18.2. The first-order chi connectivity index (χ1) is 12.1.